The van der Waals surface area contributed by atoms with E-state index in [-0.39, 0.29) is 5.92 Å². The van der Waals surface area contributed by atoms with Crippen molar-refractivity contribution in [3.8, 4) is 22.8 Å². The zero-order chi connectivity index (χ0) is 17.9. The number of benzene rings is 1. The summed E-state index contributed by atoms with van der Waals surface area (Å²) in [6, 6.07) is 6.26. The zero-order valence-corrected chi connectivity index (χ0v) is 14.5. The molecule has 2 heterocycles. The number of aliphatic carboxylic acids is 1. The third-order valence-electron chi connectivity index (χ3n) is 5.21. The molecule has 4 rings (SSSR count). The van der Waals surface area contributed by atoms with E-state index in [9.17, 15) is 4.79 Å². The van der Waals surface area contributed by atoms with Crippen LogP contribution in [0, 0.1) is 5.92 Å². The van der Waals surface area contributed by atoms with E-state index < -0.39 is 5.97 Å². The predicted molar refractivity (Wildman–Crippen MR) is 95.2 cm³/mol. The molecule has 7 heteroatoms. The first kappa shape index (κ1) is 16.9. The number of hydrogen-bond donors (Lipinski definition) is 3. The molecule has 0 saturated heterocycles. The molecule has 0 bridgehead atoms. The van der Waals surface area contributed by atoms with Crippen LogP contribution in [0.25, 0.3) is 11.3 Å². The van der Waals surface area contributed by atoms with Crippen LogP contribution in [0.2, 0.25) is 0 Å². The van der Waals surface area contributed by atoms with Crippen LogP contribution in [0.3, 0.4) is 0 Å². The lowest BCUT2D eigenvalue weighted by Gasteiger charge is -2.27. The molecular weight excluding hydrogens is 334 g/mol. The Balaban J connectivity index is 1.41. The Morgan fingerprint density at radius 2 is 1.96 bits per heavy atom. The van der Waals surface area contributed by atoms with Crippen LogP contribution < -0.4 is 14.8 Å². The summed E-state index contributed by atoms with van der Waals surface area (Å²) >= 11 is 0. The van der Waals surface area contributed by atoms with Crippen LogP contribution in [0.15, 0.2) is 24.4 Å². The molecular formula is C19H23N3O4. The van der Waals surface area contributed by atoms with Crippen LogP contribution in [-0.4, -0.2) is 40.5 Å². The minimum atomic E-state index is -0.667. The van der Waals surface area contributed by atoms with E-state index >= 15 is 0 Å². The lowest BCUT2D eigenvalue weighted by atomic mass is 9.86. The quantitative estimate of drug-likeness (QED) is 0.761. The maximum Gasteiger partial charge on any atom is 0.306 e. The fraction of sp³-hybridized carbons (Fsp3) is 0.474. The fourth-order valence-corrected chi connectivity index (χ4v) is 3.69. The standard InChI is InChI=1S/C19H23N3O4/c23-19(24)12-1-4-15(5-2-12)20-10-14-11-21-22-18(14)13-3-6-16-17(9-13)26-8-7-25-16/h3,6,9,11-12,15,20H,1-2,4-5,7-8,10H2,(H,21,22)(H,23,24). The monoisotopic (exact) mass is 357 g/mol. The van der Waals surface area contributed by atoms with Gasteiger partial charge in [-0.05, 0) is 43.9 Å². The van der Waals surface area contributed by atoms with Gasteiger partial charge in [-0.3, -0.25) is 9.89 Å². The number of hydrogen-bond acceptors (Lipinski definition) is 5. The molecule has 1 aromatic carbocycles. The van der Waals surface area contributed by atoms with Crippen LogP contribution in [0.5, 0.6) is 11.5 Å². The summed E-state index contributed by atoms with van der Waals surface area (Å²) in [5.74, 6) is 0.679. The van der Waals surface area contributed by atoms with Crippen molar-refractivity contribution in [2.75, 3.05) is 13.2 Å². The second kappa shape index (κ2) is 7.37. The molecule has 2 aromatic rings. The summed E-state index contributed by atoms with van der Waals surface area (Å²) in [4.78, 5) is 11.1. The number of H-pyrrole nitrogens is 1. The van der Waals surface area contributed by atoms with Gasteiger partial charge in [0.2, 0.25) is 0 Å². The van der Waals surface area contributed by atoms with Crippen LogP contribution >= 0.6 is 0 Å². The van der Waals surface area contributed by atoms with Gasteiger partial charge in [0.25, 0.3) is 0 Å². The number of carboxylic acids is 1. The molecule has 1 aliphatic carbocycles. The molecule has 0 unspecified atom stereocenters. The van der Waals surface area contributed by atoms with Crippen LogP contribution in [0.4, 0.5) is 0 Å². The van der Waals surface area contributed by atoms with Crippen molar-refractivity contribution in [2.45, 2.75) is 38.3 Å². The van der Waals surface area contributed by atoms with Gasteiger partial charge < -0.3 is 19.9 Å². The molecule has 138 valence electrons. The highest BCUT2D eigenvalue weighted by molar-refractivity contribution is 5.70. The van der Waals surface area contributed by atoms with Crippen molar-refractivity contribution in [1.29, 1.82) is 0 Å². The van der Waals surface area contributed by atoms with E-state index in [0.29, 0.717) is 25.8 Å². The molecule has 1 saturated carbocycles. The maximum atomic E-state index is 11.1. The van der Waals surface area contributed by atoms with E-state index in [0.717, 1.165) is 54.0 Å². The maximum absolute atomic E-state index is 11.1. The third-order valence-corrected chi connectivity index (χ3v) is 5.21. The highest BCUT2D eigenvalue weighted by atomic mass is 16.6. The molecule has 2 aliphatic rings. The molecule has 7 nitrogen and oxygen atoms in total. The first-order valence-corrected chi connectivity index (χ1v) is 9.09. The largest absolute Gasteiger partial charge is 0.486 e. The average Bonchev–Trinajstić information content (AvgIpc) is 3.15. The van der Waals surface area contributed by atoms with Gasteiger partial charge >= 0.3 is 5.97 Å². The molecule has 26 heavy (non-hydrogen) atoms. The average molecular weight is 357 g/mol. The summed E-state index contributed by atoms with van der Waals surface area (Å²) in [6.07, 6.45) is 5.12. The lowest BCUT2D eigenvalue weighted by Crippen LogP contribution is -2.34. The topological polar surface area (TPSA) is 96.5 Å². The summed E-state index contributed by atoms with van der Waals surface area (Å²) in [5.41, 5.74) is 3.06. The fourth-order valence-electron chi connectivity index (χ4n) is 3.69. The van der Waals surface area contributed by atoms with E-state index in [1.165, 1.54) is 0 Å². The highest BCUT2D eigenvalue weighted by Crippen LogP contribution is 2.35. The van der Waals surface area contributed by atoms with E-state index in [1.54, 1.807) is 0 Å². The SMILES string of the molecule is O=C(O)C1CCC(NCc2cn[nH]c2-c2ccc3c(c2)OCCO3)CC1. The molecule has 0 amide bonds. The van der Waals surface area contributed by atoms with Crippen molar-refractivity contribution in [3.63, 3.8) is 0 Å². The normalized spacial score (nSPS) is 22.2. The lowest BCUT2D eigenvalue weighted by molar-refractivity contribution is -0.142. The first-order valence-electron chi connectivity index (χ1n) is 9.09. The Morgan fingerprint density at radius 1 is 1.19 bits per heavy atom. The zero-order valence-electron chi connectivity index (χ0n) is 14.5. The van der Waals surface area contributed by atoms with E-state index in [2.05, 4.69) is 15.5 Å². The number of nitrogens with zero attached hydrogens (tertiary/aromatic N) is 1. The summed E-state index contributed by atoms with van der Waals surface area (Å²) < 4.78 is 11.2. The summed E-state index contributed by atoms with van der Waals surface area (Å²) in [6.45, 7) is 1.84. The molecule has 1 fully saturated rings. The van der Waals surface area contributed by atoms with Gasteiger partial charge in [0.1, 0.15) is 13.2 Å². The third kappa shape index (κ3) is 3.53. The smallest absolute Gasteiger partial charge is 0.306 e. The molecule has 0 spiro atoms. The van der Waals surface area contributed by atoms with Crippen molar-refractivity contribution < 1.29 is 19.4 Å². The van der Waals surface area contributed by atoms with Crippen molar-refractivity contribution >= 4 is 5.97 Å². The van der Waals surface area contributed by atoms with Crippen LogP contribution in [-0.2, 0) is 11.3 Å². The Labute approximate surface area is 151 Å². The second-order valence-electron chi connectivity index (χ2n) is 6.90. The molecule has 0 atom stereocenters. The molecule has 1 aromatic heterocycles. The number of carbonyl (C=O) groups is 1. The van der Waals surface area contributed by atoms with E-state index in [4.69, 9.17) is 14.6 Å². The highest BCUT2D eigenvalue weighted by Gasteiger charge is 2.25. The van der Waals surface area contributed by atoms with Crippen molar-refractivity contribution in [2.24, 2.45) is 5.92 Å². The molecule has 3 N–H and O–H groups in total. The number of ether oxygens (including phenoxy) is 2. The Morgan fingerprint density at radius 3 is 2.73 bits per heavy atom. The predicted octanol–water partition coefficient (Wildman–Crippen LogP) is 2.58. The van der Waals surface area contributed by atoms with Gasteiger partial charge in [-0.1, -0.05) is 0 Å². The summed E-state index contributed by atoms with van der Waals surface area (Å²) in [5, 5.41) is 19.9. The van der Waals surface area contributed by atoms with Gasteiger partial charge in [0, 0.05) is 23.7 Å². The van der Waals surface area contributed by atoms with Gasteiger partial charge in [-0.25, -0.2) is 0 Å². The Hall–Kier alpha value is -2.54. The number of aromatic amines is 1. The van der Waals surface area contributed by atoms with E-state index in [1.807, 2.05) is 24.4 Å². The Kier molecular flexibility index (Phi) is 4.79. The van der Waals surface area contributed by atoms with Crippen LogP contribution in [0.1, 0.15) is 31.2 Å². The number of nitrogens with one attached hydrogen (secondary N) is 2. The number of rotatable bonds is 5. The minimum absolute atomic E-state index is 0.185. The second-order valence-corrected chi connectivity index (χ2v) is 6.90. The summed E-state index contributed by atoms with van der Waals surface area (Å²) in [7, 11) is 0. The Bertz CT molecular complexity index is 781. The first-order chi connectivity index (χ1) is 12.7. The van der Waals surface area contributed by atoms with Crippen molar-refractivity contribution in [1.82, 2.24) is 15.5 Å². The van der Waals surface area contributed by atoms with Gasteiger partial charge in [-0.15, -0.1) is 0 Å². The molecule has 1 aliphatic heterocycles. The molecule has 0 radical (unpaired) electrons. The van der Waals surface area contributed by atoms with Crippen molar-refractivity contribution in [3.05, 3.63) is 30.0 Å². The number of carboxylic acid groups (broad SMARTS) is 1. The van der Waals surface area contributed by atoms with Gasteiger partial charge in [0.15, 0.2) is 11.5 Å². The number of aromatic nitrogens is 2. The van der Waals surface area contributed by atoms with Gasteiger partial charge in [0.05, 0.1) is 17.8 Å². The minimum Gasteiger partial charge on any atom is -0.486 e. The number of fused-ring (bicyclic) bond motifs is 1. The van der Waals surface area contributed by atoms with Gasteiger partial charge in [-0.2, -0.15) is 5.10 Å².